The van der Waals surface area contributed by atoms with Gasteiger partial charge in [0.2, 0.25) is 0 Å². The fourth-order valence-corrected chi connectivity index (χ4v) is 1.98. The van der Waals surface area contributed by atoms with Crippen molar-refractivity contribution in [3.8, 4) is 0 Å². The van der Waals surface area contributed by atoms with E-state index in [1.807, 2.05) is 0 Å². The number of nitrogens with two attached hydrogens (primary N) is 1. The Bertz CT molecular complexity index is 183. The maximum absolute atomic E-state index is 6.31. The quantitative estimate of drug-likeness (QED) is 0.597. The first kappa shape index (κ1) is 9.79. The Morgan fingerprint density at radius 3 is 2.58 bits per heavy atom. The van der Waals surface area contributed by atoms with E-state index < -0.39 is 0 Å². The van der Waals surface area contributed by atoms with Crippen molar-refractivity contribution in [3.05, 3.63) is 12.2 Å². The van der Waals surface area contributed by atoms with Gasteiger partial charge < -0.3 is 5.73 Å². The van der Waals surface area contributed by atoms with Crippen LogP contribution in [-0.2, 0) is 0 Å². The Morgan fingerprint density at radius 2 is 2.17 bits per heavy atom. The standard InChI is InChI=1S/C11H21N/c1-8(2)11(12)6-5-9(3)10(4)7-11/h8,10H,3,5-7,12H2,1-2,4H3. The molecule has 0 heterocycles. The van der Waals surface area contributed by atoms with Crippen molar-refractivity contribution in [1.82, 2.24) is 0 Å². The fraction of sp³-hybridized carbons (Fsp3) is 0.818. The minimum Gasteiger partial charge on any atom is -0.325 e. The molecular weight excluding hydrogens is 146 g/mol. The lowest BCUT2D eigenvalue weighted by Gasteiger charge is -2.41. The van der Waals surface area contributed by atoms with E-state index in [-0.39, 0.29) is 5.54 Å². The van der Waals surface area contributed by atoms with Crippen LogP contribution in [0.1, 0.15) is 40.0 Å². The molecule has 1 aliphatic rings. The summed E-state index contributed by atoms with van der Waals surface area (Å²) >= 11 is 0. The molecule has 1 aliphatic carbocycles. The summed E-state index contributed by atoms with van der Waals surface area (Å²) in [7, 11) is 0. The first-order valence-corrected chi connectivity index (χ1v) is 4.92. The van der Waals surface area contributed by atoms with E-state index in [1.165, 1.54) is 5.57 Å². The summed E-state index contributed by atoms with van der Waals surface area (Å²) in [6.45, 7) is 10.8. The molecule has 2 atom stereocenters. The molecule has 2 N–H and O–H groups in total. The highest BCUT2D eigenvalue weighted by Crippen LogP contribution is 2.37. The zero-order chi connectivity index (χ0) is 9.35. The van der Waals surface area contributed by atoms with Crippen LogP contribution in [0, 0.1) is 11.8 Å². The van der Waals surface area contributed by atoms with Gasteiger partial charge in [-0.15, -0.1) is 0 Å². The first-order chi connectivity index (χ1) is 5.46. The lowest BCUT2D eigenvalue weighted by molar-refractivity contribution is 0.215. The molecular formula is C11H21N. The molecule has 0 saturated heterocycles. The van der Waals surface area contributed by atoms with E-state index >= 15 is 0 Å². The summed E-state index contributed by atoms with van der Waals surface area (Å²) in [5.74, 6) is 1.21. The molecule has 0 aliphatic heterocycles. The van der Waals surface area contributed by atoms with Gasteiger partial charge in [-0.05, 0) is 31.1 Å². The van der Waals surface area contributed by atoms with Gasteiger partial charge in [-0.3, -0.25) is 0 Å². The Morgan fingerprint density at radius 1 is 1.58 bits per heavy atom. The van der Waals surface area contributed by atoms with E-state index in [4.69, 9.17) is 5.73 Å². The van der Waals surface area contributed by atoms with Crippen LogP contribution in [0.25, 0.3) is 0 Å². The van der Waals surface area contributed by atoms with Gasteiger partial charge in [0, 0.05) is 5.54 Å². The van der Waals surface area contributed by atoms with Crippen LogP contribution in [0.4, 0.5) is 0 Å². The SMILES string of the molecule is C=C1CCC(N)(C(C)C)CC1C. The van der Waals surface area contributed by atoms with Crippen molar-refractivity contribution in [3.63, 3.8) is 0 Å². The number of hydrogen-bond donors (Lipinski definition) is 1. The number of rotatable bonds is 1. The first-order valence-electron chi connectivity index (χ1n) is 4.92. The smallest absolute Gasteiger partial charge is 0.0186 e. The Hall–Kier alpha value is -0.300. The molecule has 2 unspecified atom stereocenters. The van der Waals surface area contributed by atoms with Gasteiger partial charge in [0.25, 0.3) is 0 Å². The van der Waals surface area contributed by atoms with Crippen molar-refractivity contribution >= 4 is 0 Å². The van der Waals surface area contributed by atoms with E-state index in [2.05, 4.69) is 27.4 Å². The lowest BCUT2D eigenvalue weighted by Crippen LogP contribution is -2.48. The summed E-state index contributed by atoms with van der Waals surface area (Å²) < 4.78 is 0. The fourth-order valence-electron chi connectivity index (χ4n) is 1.98. The van der Waals surface area contributed by atoms with Crippen molar-refractivity contribution in [1.29, 1.82) is 0 Å². The molecule has 12 heavy (non-hydrogen) atoms. The van der Waals surface area contributed by atoms with E-state index in [9.17, 15) is 0 Å². The molecule has 0 radical (unpaired) electrons. The highest BCUT2D eigenvalue weighted by Gasteiger charge is 2.34. The highest BCUT2D eigenvalue weighted by molar-refractivity contribution is 5.09. The van der Waals surface area contributed by atoms with Crippen molar-refractivity contribution < 1.29 is 0 Å². The van der Waals surface area contributed by atoms with E-state index in [0.717, 1.165) is 19.3 Å². The second-order valence-electron chi connectivity index (χ2n) is 4.65. The van der Waals surface area contributed by atoms with Crippen LogP contribution < -0.4 is 5.73 Å². The third-order valence-electron chi connectivity index (χ3n) is 3.44. The predicted octanol–water partition coefficient (Wildman–Crippen LogP) is 2.72. The van der Waals surface area contributed by atoms with Gasteiger partial charge in [0.05, 0.1) is 0 Å². The molecule has 0 amide bonds. The zero-order valence-corrected chi connectivity index (χ0v) is 8.56. The topological polar surface area (TPSA) is 26.0 Å². The Balaban J connectivity index is 2.66. The van der Waals surface area contributed by atoms with Crippen LogP contribution in [0.2, 0.25) is 0 Å². The molecule has 0 aromatic rings. The van der Waals surface area contributed by atoms with Crippen molar-refractivity contribution in [2.75, 3.05) is 0 Å². The van der Waals surface area contributed by atoms with Gasteiger partial charge in [-0.25, -0.2) is 0 Å². The summed E-state index contributed by atoms with van der Waals surface area (Å²) in [5, 5.41) is 0. The summed E-state index contributed by atoms with van der Waals surface area (Å²) in [6, 6.07) is 0. The van der Waals surface area contributed by atoms with Crippen molar-refractivity contribution in [2.45, 2.75) is 45.6 Å². The monoisotopic (exact) mass is 167 g/mol. The molecule has 1 fully saturated rings. The third-order valence-corrected chi connectivity index (χ3v) is 3.44. The lowest BCUT2D eigenvalue weighted by atomic mass is 9.69. The molecule has 0 aromatic carbocycles. The molecule has 1 rings (SSSR count). The second kappa shape index (κ2) is 3.21. The second-order valence-corrected chi connectivity index (χ2v) is 4.65. The predicted molar refractivity (Wildman–Crippen MR) is 53.9 cm³/mol. The highest BCUT2D eigenvalue weighted by atomic mass is 14.8. The van der Waals surface area contributed by atoms with E-state index in [1.54, 1.807) is 0 Å². The molecule has 0 aromatic heterocycles. The average Bonchev–Trinajstić information content (AvgIpc) is 1.97. The zero-order valence-electron chi connectivity index (χ0n) is 8.56. The third kappa shape index (κ3) is 1.71. The average molecular weight is 167 g/mol. The number of allylic oxidation sites excluding steroid dienone is 1. The minimum atomic E-state index is 0.0700. The minimum absolute atomic E-state index is 0.0700. The molecule has 70 valence electrons. The molecule has 1 heteroatoms. The van der Waals surface area contributed by atoms with Crippen LogP contribution >= 0.6 is 0 Å². The largest absolute Gasteiger partial charge is 0.325 e. The van der Waals surface area contributed by atoms with E-state index in [0.29, 0.717) is 11.8 Å². The Labute approximate surface area is 76.0 Å². The van der Waals surface area contributed by atoms with Gasteiger partial charge >= 0.3 is 0 Å². The molecule has 1 saturated carbocycles. The molecule has 0 spiro atoms. The van der Waals surface area contributed by atoms with Gasteiger partial charge in [-0.1, -0.05) is 32.9 Å². The van der Waals surface area contributed by atoms with Crippen LogP contribution in [0.5, 0.6) is 0 Å². The maximum Gasteiger partial charge on any atom is 0.0186 e. The summed E-state index contributed by atoms with van der Waals surface area (Å²) in [4.78, 5) is 0. The van der Waals surface area contributed by atoms with Gasteiger partial charge in [0.1, 0.15) is 0 Å². The normalized spacial score (nSPS) is 37.4. The van der Waals surface area contributed by atoms with Crippen LogP contribution in [-0.4, -0.2) is 5.54 Å². The maximum atomic E-state index is 6.31. The number of hydrogen-bond acceptors (Lipinski definition) is 1. The summed E-state index contributed by atoms with van der Waals surface area (Å²) in [5.41, 5.74) is 7.77. The molecule has 1 nitrogen and oxygen atoms in total. The Kier molecular flexibility index (Phi) is 2.62. The van der Waals surface area contributed by atoms with Crippen LogP contribution in [0.15, 0.2) is 12.2 Å². The summed E-state index contributed by atoms with van der Waals surface area (Å²) in [6.07, 6.45) is 3.35. The molecule has 0 bridgehead atoms. The van der Waals surface area contributed by atoms with Gasteiger partial charge in [-0.2, -0.15) is 0 Å². The van der Waals surface area contributed by atoms with Crippen LogP contribution in [0.3, 0.4) is 0 Å². The van der Waals surface area contributed by atoms with Crippen molar-refractivity contribution in [2.24, 2.45) is 17.6 Å². The van der Waals surface area contributed by atoms with Gasteiger partial charge in [0.15, 0.2) is 0 Å².